The van der Waals surface area contributed by atoms with Gasteiger partial charge in [0, 0.05) is 12.0 Å². The maximum absolute atomic E-state index is 11.1. The molecule has 0 bridgehead atoms. The molecule has 0 amide bonds. The maximum atomic E-state index is 11.1. The highest BCUT2D eigenvalue weighted by Gasteiger charge is 2.01. The molecule has 1 rings (SSSR count). The van der Waals surface area contributed by atoms with E-state index < -0.39 is 0 Å². The smallest absolute Gasteiger partial charge is 0.326 e. The van der Waals surface area contributed by atoms with Gasteiger partial charge in [0.05, 0.1) is 0 Å². The van der Waals surface area contributed by atoms with Crippen LogP contribution in [-0.4, -0.2) is 18.3 Å². The zero-order valence-electron chi connectivity index (χ0n) is 6.95. The molecule has 3 heteroatoms. The van der Waals surface area contributed by atoms with Crippen LogP contribution in [-0.2, 0) is 0 Å². The van der Waals surface area contributed by atoms with Gasteiger partial charge in [-0.25, -0.2) is 0 Å². The number of hydrogen-bond donors (Lipinski definition) is 1. The Kier molecular flexibility index (Phi) is 3.05. The lowest BCUT2D eigenvalue weighted by Crippen LogP contribution is -2.13. The van der Waals surface area contributed by atoms with Gasteiger partial charge in [-0.1, -0.05) is 36.7 Å². The number of benzene rings is 1. The molecular formula is C9H10BO2. The molecule has 0 unspecified atom stereocenters. The van der Waals surface area contributed by atoms with Crippen molar-refractivity contribution in [3.05, 3.63) is 29.8 Å². The topological polar surface area (TPSA) is 37.3 Å². The summed E-state index contributed by atoms with van der Waals surface area (Å²) in [4.78, 5) is 11.1. The number of carbonyl (C=O) groups is 1. The first-order chi connectivity index (χ1) is 5.77. The molecule has 0 fully saturated rings. The molecule has 2 nitrogen and oxygen atoms in total. The van der Waals surface area contributed by atoms with Crippen LogP contribution in [0.1, 0.15) is 23.7 Å². The lowest BCUT2D eigenvalue weighted by molar-refractivity contribution is 0.0988. The van der Waals surface area contributed by atoms with Gasteiger partial charge in [-0.3, -0.25) is 4.79 Å². The van der Waals surface area contributed by atoms with Crippen LogP contribution in [0.25, 0.3) is 0 Å². The van der Waals surface area contributed by atoms with E-state index in [2.05, 4.69) is 0 Å². The third kappa shape index (κ3) is 1.95. The zero-order valence-corrected chi connectivity index (χ0v) is 6.95. The molecule has 0 saturated carbocycles. The molecule has 0 saturated heterocycles. The molecule has 1 aromatic carbocycles. The van der Waals surface area contributed by atoms with E-state index in [0.717, 1.165) is 7.48 Å². The molecule has 0 atom stereocenters. The van der Waals surface area contributed by atoms with Crippen LogP contribution in [0.5, 0.6) is 0 Å². The average molecular weight is 161 g/mol. The molecule has 1 N–H and O–H groups in total. The van der Waals surface area contributed by atoms with E-state index in [1.807, 2.05) is 6.92 Å². The molecule has 0 aliphatic heterocycles. The van der Waals surface area contributed by atoms with Crippen molar-refractivity contribution in [1.82, 2.24) is 0 Å². The number of hydrogen-bond acceptors (Lipinski definition) is 2. The third-order valence-corrected chi connectivity index (χ3v) is 1.70. The predicted octanol–water partition coefficient (Wildman–Crippen LogP) is 0.516. The summed E-state index contributed by atoms with van der Waals surface area (Å²) in [6, 6.07) is 6.85. The van der Waals surface area contributed by atoms with Crippen LogP contribution in [0.15, 0.2) is 24.3 Å². The summed E-state index contributed by atoms with van der Waals surface area (Å²) in [5.74, 6) is 0.125. The summed E-state index contributed by atoms with van der Waals surface area (Å²) >= 11 is 0. The summed E-state index contributed by atoms with van der Waals surface area (Å²) in [5.41, 5.74) is 1.41. The minimum atomic E-state index is 0.125. The first-order valence-electron chi connectivity index (χ1n) is 3.88. The van der Waals surface area contributed by atoms with Gasteiger partial charge >= 0.3 is 7.48 Å². The van der Waals surface area contributed by atoms with Crippen LogP contribution in [0.4, 0.5) is 0 Å². The Balaban J connectivity index is 2.84. The molecular weight excluding hydrogens is 151 g/mol. The average Bonchev–Trinajstić information content (AvgIpc) is 2.17. The van der Waals surface area contributed by atoms with Gasteiger partial charge in [0.2, 0.25) is 0 Å². The molecule has 0 aliphatic carbocycles. The summed E-state index contributed by atoms with van der Waals surface area (Å²) in [5, 5.41) is 8.61. The number of rotatable bonds is 3. The van der Waals surface area contributed by atoms with Gasteiger partial charge in [0.1, 0.15) is 0 Å². The summed E-state index contributed by atoms with van der Waals surface area (Å²) in [6.07, 6.45) is 0.516. The Morgan fingerprint density at radius 2 is 2.00 bits per heavy atom. The Morgan fingerprint density at radius 3 is 2.42 bits per heavy atom. The van der Waals surface area contributed by atoms with E-state index >= 15 is 0 Å². The van der Waals surface area contributed by atoms with Crippen LogP contribution < -0.4 is 5.46 Å². The monoisotopic (exact) mass is 161 g/mol. The lowest BCUT2D eigenvalue weighted by atomic mass is 9.88. The third-order valence-electron chi connectivity index (χ3n) is 1.70. The minimum absolute atomic E-state index is 0.125. The molecule has 61 valence electrons. The van der Waals surface area contributed by atoms with Crippen molar-refractivity contribution in [3.63, 3.8) is 0 Å². The first kappa shape index (κ1) is 9.01. The Morgan fingerprint density at radius 1 is 1.42 bits per heavy atom. The fraction of sp³-hybridized carbons (Fsp3) is 0.222. The van der Waals surface area contributed by atoms with E-state index in [1.165, 1.54) is 0 Å². The van der Waals surface area contributed by atoms with Gasteiger partial charge in [0.25, 0.3) is 0 Å². The van der Waals surface area contributed by atoms with Gasteiger partial charge in [-0.2, -0.15) is 0 Å². The standard InChI is InChI=1S/C9H10BO2/c1-2-9(11)7-3-5-8(10-12)6-4-7/h3-6,12H,2H2,1H3. The highest BCUT2D eigenvalue weighted by Crippen LogP contribution is 2.00. The highest BCUT2D eigenvalue weighted by atomic mass is 16.2. The maximum Gasteiger partial charge on any atom is 0.326 e. The van der Waals surface area contributed by atoms with Crippen molar-refractivity contribution in [1.29, 1.82) is 0 Å². The van der Waals surface area contributed by atoms with Gasteiger partial charge in [0.15, 0.2) is 5.78 Å². The zero-order chi connectivity index (χ0) is 8.97. The van der Waals surface area contributed by atoms with E-state index in [4.69, 9.17) is 5.02 Å². The normalized spacial score (nSPS) is 9.50. The first-order valence-corrected chi connectivity index (χ1v) is 3.88. The fourth-order valence-corrected chi connectivity index (χ4v) is 0.959. The second kappa shape index (κ2) is 4.07. The van der Waals surface area contributed by atoms with Crippen molar-refractivity contribution in [2.75, 3.05) is 0 Å². The summed E-state index contributed by atoms with van der Waals surface area (Å²) in [7, 11) is 1.01. The van der Waals surface area contributed by atoms with Gasteiger partial charge < -0.3 is 5.02 Å². The van der Waals surface area contributed by atoms with E-state index in [-0.39, 0.29) is 5.78 Å². The predicted molar refractivity (Wildman–Crippen MR) is 48.7 cm³/mol. The quantitative estimate of drug-likeness (QED) is 0.518. The molecule has 0 spiro atoms. The second-order valence-electron chi connectivity index (χ2n) is 2.53. The summed E-state index contributed by atoms with van der Waals surface area (Å²) < 4.78 is 0. The van der Waals surface area contributed by atoms with Gasteiger partial charge in [-0.15, -0.1) is 0 Å². The van der Waals surface area contributed by atoms with Crippen molar-refractivity contribution < 1.29 is 9.82 Å². The molecule has 0 heterocycles. The fourth-order valence-electron chi connectivity index (χ4n) is 0.959. The van der Waals surface area contributed by atoms with Crippen LogP contribution in [0.3, 0.4) is 0 Å². The number of Topliss-reactive ketones (excluding diaryl/α,β-unsaturated/α-hetero) is 1. The van der Waals surface area contributed by atoms with Crippen LogP contribution >= 0.6 is 0 Å². The SMILES string of the molecule is CCC(=O)c1ccc([B]O)cc1. The van der Waals surface area contributed by atoms with Crippen molar-refractivity contribution >= 4 is 18.7 Å². The number of carbonyl (C=O) groups excluding carboxylic acids is 1. The minimum Gasteiger partial charge on any atom is -0.450 e. The Bertz CT molecular complexity index is 266. The van der Waals surface area contributed by atoms with Gasteiger partial charge in [-0.05, 0) is 0 Å². The van der Waals surface area contributed by atoms with E-state index in [0.29, 0.717) is 17.4 Å². The molecule has 0 aliphatic rings. The second-order valence-corrected chi connectivity index (χ2v) is 2.53. The largest absolute Gasteiger partial charge is 0.450 e. The molecule has 0 aromatic heterocycles. The molecule has 12 heavy (non-hydrogen) atoms. The van der Waals surface area contributed by atoms with Crippen molar-refractivity contribution in [2.45, 2.75) is 13.3 Å². The van der Waals surface area contributed by atoms with Crippen LogP contribution in [0.2, 0.25) is 0 Å². The Labute approximate surface area is 72.5 Å². The summed E-state index contributed by atoms with van der Waals surface area (Å²) in [6.45, 7) is 1.83. The van der Waals surface area contributed by atoms with Crippen LogP contribution in [0, 0.1) is 0 Å². The number of ketones is 1. The van der Waals surface area contributed by atoms with E-state index in [1.54, 1.807) is 24.3 Å². The highest BCUT2D eigenvalue weighted by molar-refractivity contribution is 6.45. The molecule has 1 radical (unpaired) electrons. The lowest BCUT2D eigenvalue weighted by Gasteiger charge is -1.97. The van der Waals surface area contributed by atoms with Crippen molar-refractivity contribution in [2.24, 2.45) is 0 Å². The molecule has 1 aromatic rings. The van der Waals surface area contributed by atoms with E-state index in [9.17, 15) is 4.79 Å². The van der Waals surface area contributed by atoms with Crippen molar-refractivity contribution in [3.8, 4) is 0 Å². The Hall–Kier alpha value is -1.09.